The van der Waals surface area contributed by atoms with E-state index >= 15 is 0 Å². The van der Waals surface area contributed by atoms with Crippen LogP contribution in [0, 0.1) is 11.3 Å². The zero-order chi connectivity index (χ0) is 11.3. The lowest BCUT2D eigenvalue weighted by atomic mass is 9.48. The van der Waals surface area contributed by atoms with Crippen LogP contribution < -0.4 is 5.32 Å². The first-order valence-corrected chi connectivity index (χ1v) is 5.85. The minimum absolute atomic E-state index is 0.0750. The SMILES string of the molecule is CC(C)C(=O)NC1CC2(C1)CC(C)(O)C2. The predicted molar refractivity (Wildman–Crippen MR) is 58.3 cm³/mol. The molecule has 0 aromatic rings. The van der Waals surface area contributed by atoms with Crippen LogP contribution in [0.1, 0.15) is 46.5 Å². The number of carbonyl (C=O) groups excluding carboxylic acids is 1. The Morgan fingerprint density at radius 2 is 1.93 bits per heavy atom. The van der Waals surface area contributed by atoms with Gasteiger partial charge in [0.05, 0.1) is 5.60 Å². The normalized spacial score (nSPS) is 43.7. The molecule has 3 nitrogen and oxygen atoms in total. The Labute approximate surface area is 91.2 Å². The van der Waals surface area contributed by atoms with Gasteiger partial charge in [0.2, 0.25) is 5.91 Å². The van der Waals surface area contributed by atoms with Gasteiger partial charge in [0.15, 0.2) is 0 Å². The van der Waals surface area contributed by atoms with Crippen LogP contribution in [-0.4, -0.2) is 22.7 Å². The number of rotatable bonds is 2. The Morgan fingerprint density at radius 1 is 1.40 bits per heavy atom. The Bertz CT molecular complexity index is 267. The number of hydrogen-bond donors (Lipinski definition) is 2. The lowest BCUT2D eigenvalue weighted by Gasteiger charge is -2.60. The van der Waals surface area contributed by atoms with Gasteiger partial charge in [-0.15, -0.1) is 0 Å². The first-order valence-electron chi connectivity index (χ1n) is 5.85. The van der Waals surface area contributed by atoms with E-state index < -0.39 is 5.60 Å². The first-order chi connectivity index (χ1) is 6.82. The molecular formula is C12H21NO2. The van der Waals surface area contributed by atoms with Crippen molar-refractivity contribution in [2.45, 2.75) is 58.1 Å². The lowest BCUT2D eigenvalue weighted by molar-refractivity contribution is -0.163. The van der Waals surface area contributed by atoms with Gasteiger partial charge in [0.1, 0.15) is 0 Å². The second-order valence-corrected chi connectivity index (χ2v) is 6.12. The van der Waals surface area contributed by atoms with Crippen LogP contribution in [-0.2, 0) is 4.79 Å². The van der Waals surface area contributed by atoms with Crippen LogP contribution in [0.5, 0.6) is 0 Å². The van der Waals surface area contributed by atoms with E-state index in [4.69, 9.17) is 0 Å². The Morgan fingerprint density at radius 3 is 2.33 bits per heavy atom. The summed E-state index contributed by atoms with van der Waals surface area (Å²) in [6.45, 7) is 5.73. The fourth-order valence-electron chi connectivity index (χ4n) is 3.31. The maximum absolute atomic E-state index is 11.4. The molecule has 2 aliphatic rings. The maximum atomic E-state index is 11.4. The highest BCUT2D eigenvalue weighted by Crippen LogP contribution is 2.60. The molecular weight excluding hydrogens is 190 g/mol. The Balaban J connectivity index is 1.73. The maximum Gasteiger partial charge on any atom is 0.222 e. The molecule has 15 heavy (non-hydrogen) atoms. The molecule has 0 heterocycles. The van der Waals surface area contributed by atoms with E-state index in [-0.39, 0.29) is 11.8 Å². The summed E-state index contributed by atoms with van der Waals surface area (Å²) in [5, 5.41) is 12.7. The quantitative estimate of drug-likeness (QED) is 0.726. The number of nitrogens with one attached hydrogen (secondary N) is 1. The summed E-state index contributed by atoms with van der Waals surface area (Å²) in [4.78, 5) is 11.4. The molecule has 0 radical (unpaired) electrons. The first kappa shape index (κ1) is 10.9. The zero-order valence-electron chi connectivity index (χ0n) is 9.84. The molecule has 1 amide bonds. The minimum Gasteiger partial charge on any atom is -0.390 e. The van der Waals surface area contributed by atoms with Crippen molar-refractivity contribution >= 4 is 5.91 Å². The third-order valence-electron chi connectivity index (χ3n) is 3.74. The second-order valence-electron chi connectivity index (χ2n) is 6.12. The predicted octanol–water partition coefficient (Wildman–Crippen LogP) is 1.45. The minimum atomic E-state index is -0.437. The van der Waals surface area contributed by atoms with Gasteiger partial charge in [-0.05, 0) is 38.0 Å². The molecule has 3 heteroatoms. The van der Waals surface area contributed by atoms with Crippen molar-refractivity contribution in [3.05, 3.63) is 0 Å². The molecule has 2 saturated carbocycles. The highest BCUT2D eigenvalue weighted by atomic mass is 16.3. The molecule has 86 valence electrons. The van der Waals surface area contributed by atoms with E-state index in [0.717, 1.165) is 25.7 Å². The van der Waals surface area contributed by atoms with Gasteiger partial charge in [0.25, 0.3) is 0 Å². The highest BCUT2D eigenvalue weighted by Gasteiger charge is 2.57. The fourth-order valence-corrected chi connectivity index (χ4v) is 3.31. The van der Waals surface area contributed by atoms with Crippen molar-refractivity contribution in [3.8, 4) is 0 Å². The van der Waals surface area contributed by atoms with Crippen molar-refractivity contribution in [1.82, 2.24) is 5.32 Å². The summed E-state index contributed by atoms with van der Waals surface area (Å²) in [5.41, 5.74) is -0.0779. The molecule has 2 N–H and O–H groups in total. The number of amides is 1. The summed E-state index contributed by atoms with van der Waals surface area (Å²) in [6, 6.07) is 0.357. The Kier molecular flexibility index (Phi) is 2.34. The molecule has 2 fully saturated rings. The van der Waals surface area contributed by atoms with Crippen molar-refractivity contribution in [2.24, 2.45) is 11.3 Å². The van der Waals surface area contributed by atoms with Gasteiger partial charge in [0, 0.05) is 12.0 Å². The number of hydrogen-bond acceptors (Lipinski definition) is 2. The van der Waals surface area contributed by atoms with Crippen LogP contribution in [0.2, 0.25) is 0 Å². The summed E-state index contributed by atoms with van der Waals surface area (Å²) in [7, 11) is 0. The number of carbonyl (C=O) groups is 1. The third kappa shape index (κ3) is 2.03. The third-order valence-corrected chi connectivity index (χ3v) is 3.74. The van der Waals surface area contributed by atoms with Crippen LogP contribution in [0.15, 0.2) is 0 Å². The van der Waals surface area contributed by atoms with Gasteiger partial charge in [-0.2, -0.15) is 0 Å². The molecule has 2 rings (SSSR count). The smallest absolute Gasteiger partial charge is 0.222 e. The van der Waals surface area contributed by atoms with Crippen LogP contribution >= 0.6 is 0 Å². The average molecular weight is 211 g/mol. The molecule has 0 saturated heterocycles. The molecule has 0 aromatic carbocycles. The van der Waals surface area contributed by atoms with E-state index in [1.54, 1.807) is 0 Å². The van der Waals surface area contributed by atoms with Crippen LogP contribution in [0.4, 0.5) is 0 Å². The standard InChI is InChI=1S/C12H21NO2/c1-8(2)10(14)13-9-4-12(5-9)6-11(3,15)7-12/h8-9,15H,4-7H2,1-3H3,(H,13,14). The lowest BCUT2D eigenvalue weighted by Crippen LogP contribution is -2.61. The summed E-state index contributed by atoms with van der Waals surface area (Å²) >= 11 is 0. The Hall–Kier alpha value is -0.570. The van der Waals surface area contributed by atoms with Crippen molar-refractivity contribution in [3.63, 3.8) is 0 Å². The van der Waals surface area contributed by atoms with Gasteiger partial charge < -0.3 is 10.4 Å². The molecule has 2 aliphatic carbocycles. The molecule has 0 unspecified atom stereocenters. The van der Waals surface area contributed by atoms with E-state index in [1.807, 2.05) is 20.8 Å². The molecule has 0 aliphatic heterocycles. The van der Waals surface area contributed by atoms with Crippen LogP contribution in [0.3, 0.4) is 0 Å². The van der Waals surface area contributed by atoms with Crippen LogP contribution in [0.25, 0.3) is 0 Å². The van der Waals surface area contributed by atoms with Crippen molar-refractivity contribution in [1.29, 1.82) is 0 Å². The highest BCUT2D eigenvalue weighted by molar-refractivity contribution is 5.78. The topological polar surface area (TPSA) is 49.3 Å². The fraction of sp³-hybridized carbons (Fsp3) is 0.917. The zero-order valence-corrected chi connectivity index (χ0v) is 9.84. The molecule has 1 spiro atoms. The van der Waals surface area contributed by atoms with Gasteiger partial charge in [-0.25, -0.2) is 0 Å². The summed E-state index contributed by atoms with van der Waals surface area (Å²) in [5.74, 6) is 0.229. The largest absolute Gasteiger partial charge is 0.390 e. The monoisotopic (exact) mass is 211 g/mol. The van der Waals surface area contributed by atoms with E-state index in [9.17, 15) is 9.90 Å². The van der Waals surface area contributed by atoms with E-state index in [2.05, 4.69) is 5.32 Å². The number of aliphatic hydroxyl groups is 1. The molecule has 0 bridgehead atoms. The van der Waals surface area contributed by atoms with E-state index in [0.29, 0.717) is 11.5 Å². The van der Waals surface area contributed by atoms with Crippen molar-refractivity contribution < 1.29 is 9.90 Å². The second kappa shape index (κ2) is 3.21. The summed E-state index contributed by atoms with van der Waals surface area (Å²) in [6.07, 6.45) is 3.94. The van der Waals surface area contributed by atoms with Gasteiger partial charge in [-0.1, -0.05) is 13.8 Å². The van der Waals surface area contributed by atoms with E-state index in [1.165, 1.54) is 0 Å². The van der Waals surface area contributed by atoms with Gasteiger partial charge >= 0.3 is 0 Å². The molecule has 0 atom stereocenters. The van der Waals surface area contributed by atoms with Crippen molar-refractivity contribution in [2.75, 3.05) is 0 Å². The summed E-state index contributed by atoms with van der Waals surface area (Å²) < 4.78 is 0. The van der Waals surface area contributed by atoms with Gasteiger partial charge in [-0.3, -0.25) is 4.79 Å². The average Bonchev–Trinajstić information content (AvgIpc) is 1.96. The molecule has 0 aromatic heterocycles.